The van der Waals surface area contributed by atoms with E-state index in [1.807, 2.05) is 24.1 Å². The van der Waals surface area contributed by atoms with Crippen LogP contribution in [-0.4, -0.2) is 48.6 Å². The van der Waals surface area contributed by atoms with Crippen molar-refractivity contribution in [3.8, 4) is 0 Å². The van der Waals surface area contributed by atoms with Gasteiger partial charge >= 0.3 is 0 Å². The van der Waals surface area contributed by atoms with Crippen LogP contribution in [0.15, 0.2) is 24.5 Å². The van der Waals surface area contributed by atoms with Gasteiger partial charge in [0.25, 0.3) is 0 Å². The van der Waals surface area contributed by atoms with Gasteiger partial charge in [-0.25, -0.2) is 0 Å². The summed E-state index contributed by atoms with van der Waals surface area (Å²) in [4.78, 5) is 17.8. The van der Waals surface area contributed by atoms with Crippen molar-refractivity contribution in [3.05, 3.63) is 30.1 Å². The average Bonchev–Trinajstić information content (AvgIpc) is 2.35. The largest absolute Gasteiger partial charge is 0.369 e. The Hall–Kier alpha value is -1.46. The van der Waals surface area contributed by atoms with Crippen LogP contribution in [-0.2, 0) is 16.1 Å². The van der Waals surface area contributed by atoms with Crippen molar-refractivity contribution >= 4 is 5.91 Å². The molecule has 0 spiro atoms. The number of pyridine rings is 1. The van der Waals surface area contributed by atoms with Gasteiger partial charge in [0.05, 0.1) is 12.6 Å². The normalized spacial score (nSPS) is 20.6. The maximum Gasteiger partial charge on any atom is 0.249 e. The molecule has 1 saturated heterocycles. The molecule has 5 nitrogen and oxygen atoms in total. The Morgan fingerprint density at radius 2 is 2.53 bits per heavy atom. The summed E-state index contributed by atoms with van der Waals surface area (Å²) < 4.78 is 5.27. The predicted molar refractivity (Wildman–Crippen MR) is 63.3 cm³/mol. The van der Waals surface area contributed by atoms with Crippen molar-refractivity contribution in [2.45, 2.75) is 12.6 Å². The van der Waals surface area contributed by atoms with Crippen LogP contribution in [0.1, 0.15) is 5.56 Å². The molecule has 92 valence electrons. The van der Waals surface area contributed by atoms with E-state index in [9.17, 15) is 4.79 Å². The molecule has 5 heteroatoms. The summed E-state index contributed by atoms with van der Waals surface area (Å²) in [5, 5.41) is 3.08. The molecular formula is C12H17N3O2. The number of rotatable bonds is 4. The summed E-state index contributed by atoms with van der Waals surface area (Å²) in [6, 6.07) is 3.96. The monoisotopic (exact) mass is 235 g/mol. The molecule has 1 aliphatic heterocycles. The zero-order chi connectivity index (χ0) is 12.1. The number of nitrogens with one attached hydrogen (secondary N) is 1. The van der Waals surface area contributed by atoms with Gasteiger partial charge in [0.2, 0.25) is 5.91 Å². The second-order valence-corrected chi connectivity index (χ2v) is 4.11. The molecule has 1 unspecified atom stereocenters. The molecule has 0 aliphatic carbocycles. The fraction of sp³-hybridized carbons (Fsp3) is 0.500. The Morgan fingerprint density at radius 1 is 1.65 bits per heavy atom. The van der Waals surface area contributed by atoms with E-state index in [0.29, 0.717) is 13.2 Å². The number of hydrogen-bond donors (Lipinski definition) is 1. The molecule has 1 amide bonds. The van der Waals surface area contributed by atoms with Crippen molar-refractivity contribution < 1.29 is 9.53 Å². The van der Waals surface area contributed by atoms with E-state index in [2.05, 4.69) is 10.3 Å². The SMILES string of the molecule is CNCC1COCC(=O)N1Cc1cccnc1. The summed E-state index contributed by atoms with van der Waals surface area (Å²) in [6.07, 6.45) is 3.52. The third kappa shape index (κ3) is 3.01. The Balaban J connectivity index is 2.07. The topological polar surface area (TPSA) is 54.5 Å². The first-order valence-electron chi connectivity index (χ1n) is 5.72. The van der Waals surface area contributed by atoms with Gasteiger partial charge in [0.1, 0.15) is 6.61 Å². The number of nitrogens with zero attached hydrogens (tertiary/aromatic N) is 2. The highest BCUT2D eigenvalue weighted by atomic mass is 16.5. The van der Waals surface area contributed by atoms with Crippen LogP contribution in [0.25, 0.3) is 0 Å². The number of aromatic nitrogens is 1. The lowest BCUT2D eigenvalue weighted by atomic mass is 10.2. The molecule has 2 rings (SSSR count). The van der Waals surface area contributed by atoms with Gasteiger partial charge in [-0.3, -0.25) is 9.78 Å². The van der Waals surface area contributed by atoms with E-state index in [0.717, 1.165) is 12.1 Å². The molecule has 1 aromatic heterocycles. The van der Waals surface area contributed by atoms with Gasteiger partial charge in [0.15, 0.2) is 0 Å². The Morgan fingerprint density at radius 3 is 3.24 bits per heavy atom. The molecule has 17 heavy (non-hydrogen) atoms. The van der Waals surface area contributed by atoms with Crippen molar-refractivity contribution in [1.29, 1.82) is 0 Å². The Labute approximate surface area is 101 Å². The molecular weight excluding hydrogens is 218 g/mol. The maximum absolute atomic E-state index is 11.8. The van der Waals surface area contributed by atoms with Gasteiger partial charge in [-0.15, -0.1) is 0 Å². The summed E-state index contributed by atoms with van der Waals surface area (Å²) in [5.74, 6) is 0.0420. The maximum atomic E-state index is 11.8. The zero-order valence-electron chi connectivity index (χ0n) is 9.93. The van der Waals surface area contributed by atoms with Gasteiger partial charge < -0.3 is 15.0 Å². The quantitative estimate of drug-likeness (QED) is 0.800. The standard InChI is InChI=1S/C12H17N3O2/c1-13-6-11-8-17-9-12(16)15(11)7-10-3-2-4-14-5-10/h2-5,11,13H,6-9H2,1H3. The molecule has 2 heterocycles. The first-order valence-corrected chi connectivity index (χ1v) is 5.72. The van der Waals surface area contributed by atoms with Gasteiger partial charge in [0, 0.05) is 25.5 Å². The summed E-state index contributed by atoms with van der Waals surface area (Å²) in [7, 11) is 1.88. The minimum absolute atomic E-state index is 0.0420. The summed E-state index contributed by atoms with van der Waals surface area (Å²) >= 11 is 0. The van der Waals surface area contributed by atoms with Crippen molar-refractivity contribution in [2.75, 3.05) is 26.8 Å². The molecule has 0 saturated carbocycles. The number of morpholine rings is 1. The van der Waals surface area contributed by atoms with E-state index in [-0.39, 0.29) is 18.6 Å². The highest BCUT2D eigenvalue weighted by molar-refractivity contribution is 5.78. The van der Waals surface area contributed by atoms with Crippen LogP contribution in [0.4, 0.5) is 0 Å². The fourth-order valence-electron chi connectivity index (χ4n) is 1.97. The Kier molecular flexibility index (Phi) is 4.06. The molecule has 0 bridgehead atoms. The smallest absolute Gasteiger partial charge is 0.249 e. The van der Waals surface area contributed by atoms with Gasteiger partial charge in [-0.1, -0.05) is 6.07 Å². The molecule has 1 fully saturated rings. The summed E-state index contributed by atoms with van der Waals surface area (Å²) in [6.45, 7) is 2.11. The van der Waals surface area contributed by atoms with E-state index in [1.165, 1.54) is 0 Å². The zero-order valence-corrected chi connectivity index (χ0v) is 9.93. The van der Waals surface area contributed by atoms with E-state index >= 15 is 0 Å². The third-order valence-electron chi connectivity index (χ3n) is 2.81. The number of hydrogen-bond acceptors (Lipinski definition) is 4. The number of carbonyl (C=O) groups excluding carboxylic acids is 1. The third-order valence-corrected chi connectivity index (χ3v) is 2.81. The van der Waals surface area contributed by atoms with E-state index < -0.39 is 0 Å². The predicted octanol–water partition coefficient (Wildman–Crippen LogP) is 0.0284. The molecule has 0 aromatic carbocycles. The number of amides is 1. The molecule has 1 N–H and O–H groups in total. The first-order chi connectivity index (χ1) is 8.31. The lowest BCUT2D eigenvalue weighted by molar-refractivity contribution is -0.148. The van der Waals surface area contributed by atoms with Gasteiger partial charge in [-0.05, 0) is 18.7 Å². The Bertz CT molecular complexity index is 367. The lowest BCUT2D eigenvalue weighted by Crippen LogP contribution is -2.52. The van der Waals surface area contributed by atoms with Crippen molar-refractivity contribution in [2.24, 2.45) is 0 Å². The van der Waals surface area contributed by atoms with Crippen molar-refractivity contribution in [3.63, 3.8) is 0 Å². The molecule has 0 radical (unpaired) electrons. The average molecular weight is 235 g/mol. The van der Waals surface area contributed by atoms with Crippen molar-refractivity contribution in [1.82, 2.24) is 15.2 Å². The number of carbonyl (C=O) groups is 1. The fourth-order valence-corrected chi connectivity index (χ4v) is 1.97. The lowest BCUT2D eigenvalue weighted by Gasteiger charge is -2.35. The van der Waals surface area contributed by atoms with Crippen LogP contribution < -0.4 is 5.32 Å². The molecule has 1 atom stereocenters. The van der Waals surface area contributed by atoms with Gasteiger partial charge in [-0.2, -0.15) is 0 Å². The second-order valence-electron chi connectivity index (χ2n) is 4.11. The molecule has 1 aliphatic rings. The highest BCUT2D eigenvalue weighted by Gasteiger charge is 2.28. The number of likely N-dealkylation sites (N-methyl/N-ethyl adjacent to an activating group) is 1. The van der Waals surface area contributed by atoms with Crippen LogP contribution in [0.2, 0.25) is 0 Å². The highest BCUT2D eigenvalue weighted by Crippen LogP contribution is 2.12. The minimum Gasteiger partial charge on any atom is -0.369 e. The van der Waals surface area contributed by atoms with Crippen LogP contribution in [0.5, 0.6) is 0 Å². The number of ether oxygens (including phenoxy) is 1. The van der Waals surface area contributed by atoms with Crippen LogP contribution in [0, 0.1) is 0 Å². The summed E-state index contributed by atoms with van der Waals surface area (Å²) in [5.41, 5.74) is 1.05. The first kappa shape index (κ1) is 12.0. The van der Waals surface area contributed by atoms with Crippen LogP contribution >= 0.6 is 0 Å². The minimum atomic E-state index is 0.0420. The van der Waals surface area contributed by atoms with Crippen LogP contribution in [0.3, 0.4) is 0 Å². The van der Waals surface area contributed by atoms with E-state index in [1.54, 1.807) is 12.4 Å². The van der Waals surface area contributed by atoms with E-state index in [4.69, 9.17) is 4.74 Å². The second kappa shape index (κ2) is 5.75. The molecule has 1 aromatic rings.